The average Bonchev–Trinajstić information content (AvgIpc) is 3.84. The minimum atomic E-state index is -4.12. The molecule has 0 saturated heterocycles. The molecule has 0 fully saturated rings. The molecule has 2 aromatic heterocycles. The van der Waals surface area contributed by atoms with Crippen LogP contribution in [0.25, 0.3) is 20.9 Å². The number of allylic oxidation sites excluding steroid dienone is 2. The van der Waals surface area contributed by atoms with Crippen LogP contribution in [0.15, 0.2) is 91.0 Å². The van der Waals surface area contributed by atoms with E-state index in [4.69, 9.17) is 11.6 Å². The molecule has 4 heterocycles. The fourth-order valence-corrected chi connectivity index (χ4v) is 12.7. The number of rotatable bonds is 4. The van der Waals surface area contributed by atoms with Crippen molar-refractivity contribution in [3.63, 3.8) is 0 Å². The number of nitrogens with zero attached hydrogens (tertiary/aromatic N) is 5. The summed E-state index contributed by atoms with van der Waals surface area (Å²) in [5.41, 5.74) is 1.72. The van der Waals surface area contributed by atoms with Crippen molar-refractivity contribution in [3.05, 3.63) is 93.5 Å². The Morgan fingerprint density at radius 3 is 1.60 bits per heavy atom. The Hall–Kier alpha value is -4.68. The highest BCUT2D eigenvalue weighted by Gasteiger charge is 2.46. The summed E-state index contributed by atoms with van der Waals surface area (Å²) in [5, 5.41) is 28.9. The van der Waals surface area contributed by atoms with Gasteiger partial charge in [-0.2, -0.15) is 15.8 Å². The lowest BCUT2D eigenvalue weighted by atomic mass is 9.75. The van der Waals surface area contributed by atoms with Crippen LogP contribution in [0.5, 0.6) is 0 Å². The van der Waals surface area contributed by atoms with Gasteiger partial charge in [0.25, 0.3) is 0 Å². The molecule has 0 amide bonds. The molecule has 14 heteroatoms. The summed E-state index contributed by atoms with van der Waals surface area (Å²) in [5.74, 6) is 0. The van der Waals surface area contributed by atoms with Crippen LogP contribution in [-0.2, 0) is 25.1 Å². The zero-order valence-corrected chi connectivity index (χ0v) is 29.1. The average molecular weight is 726 g/mol. The summed E-state index contributed by atoms with van der Waals surface area (Å²) >= 11 is 8.84. The molecule has 48 heavy (non-hydrogen) atoms. The highest BCUT2D eigenvalue weighted by Crippen LogP contribution is 2.61. The highest BCUT2D eigenvalue weighted by molar-refractivity contribution is 8.08. The fourth-order valence-electron chi connectivity index (χ4n) is 6.67. The number of sulfone groups is 2. The Kier molecular flexibility index (Phi) is 7.44. The van der Waals surface area contributed by atoms with Crippen molar-refractivity contribution >= 4 is 85.2 Å². The second-order valence-electron chi connectivity index (χ2n) is 11.1. The quantitative estimate of drug-likeness (QED) is 0.191. The lowest BCUT2D eigenvalue weighted by molar-refractivity contribution is 0.492. The first-order chi connectivity index (χ1) is 23.0. The minimum absolute atomic E-state index is 0.0134. The van der Waals surface area contributed by atoms with E-state index in [0.717, 1.165) is 20.9 Å². The van der Waals surface area contributed by atoms with Gasteiger partial charge in [-0.3, -0.25) is 0 Å². The molecule has 0 unspecified atom stereocenters. The number of fused-ring (bicyclic) bond motifs is 5. The minimum Gasteiger partial charge on any atom is -0.225 e. The number of hydrogen-bond donors (Lipinski definition) is 0. The molecule has 0 atom stereocenters. The molecule has 9 nitrogen and oxygen atoms in total. The number of benzene rings is 2. The summed E-state index contributed by atoms with van der Waals surface area (Å²) in [6, 6.07) is 21.8. The molecule has 2 aliphatic heterocycles. The zero-order chi connectivity index (χ0) is 34.2. The summed E-state index contributed by atoms with van der Waals surface area (Å²) in [7, 11) is -8.18. The molecule has 0 bridgehead atoms. The molecule has 0 saturated carbocycles. The van der Waals surface area contributed by atoms with E-state index in [1.807, 2.05) is 44.2 Å². The first-order valence-electron chi connectivity index (χ1n) is 14.5. The van der Waals surface area contributed by atoms with Gasteiger partial charge in [0.1, 0.15) is 38.8 Å². The summed E-state index contributed by atoms with van der Waals surface area (Å²) in [4.78, 5) is 10.9. The van der Waals surface area contributed by atoms with Gasteiger partial charge < -0.3 is 0 Å². The third-order valence-electron chi connectivity index (χ3n) is 8.93. The predicted octanol–water partition coefficient (Wildman–Crippen LogP) is 8.21. The molecule has 4 aromatic rings. The maximum atomic E-state index is 13.7. The third kappa shape index (κ3) is 4.28. The van der Waals surface area contributed by atoms with E-state index in [2.05, 4.69) is 9.98 Å². The molecule has 236 valence electrons. The number of hydrogen-bond acceptors (Lipinski definition) is 11. The topological polar surface area (TPSA) is 164 Å². The molecule has 0 N–H and O–H groups in total. The van der Waals surface area contributed by atoms with Crippen molar-refractivity contribution in [1.29, 1.82) is 15.8 Å². The second-order valence-corrected chi connectivity index (χ2v) is 17.2. The van der Waals surface area contributed by atoms with E-state index in [-0.39, 0.29) is 47.2 Å². The van der Waals surface area contributed by atoms with E-state index in [1.54, 1.807) is 36.4 Å². The SMILES string of the molecule is CCC1(CC)c2cc(/N=C3/C(=C(C#N)C#N)c4ccccc4S3(=O)=O)sc2-c2sc(/N=C3/C(=C(/Cl)C#N)c4ccccc4S3(=O)=O)cc21. The largest absolute Gasteiger partial charge is 0.225 e. The van der Waals surface area contributed by atoms with Crippen molar-refractivity contribution in [1.82, 2.24) is 0 Å². The van der Waals surface area contributed by atoms with Crippen molar-refractivity contribution < 1.29 is 16.8 Å². The molecule has 0 radical (unpaired) electrons. The summed E-state index contributed by atoms with van der Waals surface area (Å²) in [6.45, 7) is 4.09. The number of nitriles is 3. The van der Waals surface area contributed by atoms with Crippen LogP contribution in [0, 0.1) is 34.0 Å². The van der Waals surface area contributed by atoms with Gasteiger partial charge in [-0.15, -0.1) is 22.7 Å². The maximum Gasteiger partial charge on any atom is 0.225 e. The monoisotopic (exact) mass is 725 g/mol. The maximum absolute atomic E-state index is 13.7. The van der Waals surface area contributed by atoms with Gasteiger partial charge in [-0.25, -0.2) is 26.8 Å². The Labute approximate surface area is 289 Å². The van der Waals surface area contributed by atoms with Gasteiger partial charge in [0, 0.05) is 22.1 Å². The van der Waals surface area contributed by atoms with Crippen molar-refractivity contribution in [2.24, 2.45) is 9.98 Å². The molecule has 2 aromatic carbocycles. The fraction of sp³-hybridized carbons (Fsp3) is 0.147. The normalized spacial score (nSPS) is 20.0. The van der Waals surface area contributed by atoms with Crippen LogP contribution in [0.4, 0.5) is 10.0 Å². The number of aliphatic imine (C=N–C) groups is 2. The first-order valence-corrected chi connectivity index (χ1v) is 19.5. The van der Waals surface area contributed by atoms with Gasteiger partial charge in [-0.1, -0.05) is 61.8 Å². The smallest absolute Gasteiger partial charge is 0.225 e. The van der Waals surface area contributed by atoms with Crippen molar-refractivity contribution in [2.45, 2.75) is 41.9 Å². The Morgan fingerprint density at radius 1 is 0.729 bits per heavy atom. The van der Waals surface area contributed by atoms with Gasteiger partial charge in [0.15, 0.2) is 10.1 Å². The van der Waals surface area contributed by atoms with Crippen LogP contribution in [0.1, 0.15) is 48.9 Å². The lowest BCUT2D eigenvalue weighted by Crippen LogP contribution is -2.22. The van der Waals surface area contributed by atoms with Crippen LogP contribution >= 0.6 is 34.3 Å². The summed E-state index contributed by atoms with van der Waals surface area (Å²) < 4.78 is 54.6. The second kappa shape index (κ2) is 11.2. The van der Waals surface area contributed by atoms with E-state index < -0.39 is 25.1 Å². The van der Waals surface area contributed by atoms with Gasteiger partial charge >= 0.3 is 0 Å². The molecular weight excluding hydrogens is 706 g/mol. The van der Waals surface area contributed by atoms with E-state index in [1.165, 1.54) is 34.8 Å². The van der Waals surface area contributed by atoms with Gasteiger partial charge in [0.2, 0.25) is 19.7 Å². The van der Waals surface area contributed by atoms with Gasteiger partial charge in [-0.05, 0) is 48.2 Å². The van der Waals surface area contributed by atoms with Gasteiger partial charge in [0.05, 0.1) is 25.1 Å². The molecule has 3 aliphatic rings. The standard InChI is InChI=1S/C34H20ClN5O4S4/c1-3-34(4-2)21-13-26(39-32-28(18(15-36)16-37)19-9-5-7-11-24(19)47(32,41)42)45-30(21)31-22(34)14-27(46-31)40-33-29(23(35)17-38)20-10-6-8-12-25(20)48(33,43)44/h5-14H,3-4H2,1-2H3/b29-23+,39-32-,40-33-. The summed E-state index contributed by atoms with van der Waals surface area (Å²) in [6.07, 6.45) is 1.36. The molecule has 1 aliphatic carbocycles. The van der Waals surface area contributed by atoms with E-state index in [9.17, 15) is 32.6 Å². The highest BCUT2D eigenvalue weighted by atomic mass is 35.5. The number of thiophene rings is 2. The molecule has 7 rings (SSSR count). The Morgan fingerprint density at radius 2 is 1.17 bits per heavy atom. The van der Waals surface area contributed by atoms with E-state index in [0.29, 0.717) is 28.4 Å². The molecule has 0 spiro atoms. The van der Waals surface area contributed by atoms with Crippen LogP contribution in [0.3, 0.4) is 0 Å². The first kappa shape index (κ1) is 31.9. The Bertz CT molecular complexity index is 2600. The van der Waals surface area contributed by atoms with Crippen LogP contribution in [-0.4, -0.2) is 26.9 Å². The third-order valence-corrected chi connectivity index (χ3v) is 14.9. The van der Waals surface area contributed by atoms with Crippen LogP contribution in [0.2, 0.25) is 0 Å². The number of halogens is 1. The Balaban J connectivity index is 1.41. The molecular formula is C34H20ClN5O4S4. The zero-order valence-electron chi connectivity index (χ0n) is 25.1. The predicted molar refractivity (Wildman–Crippen MR) is 187 cm³/mol. The van der Waals surface area contributed by atoms with Crippen molar-refractivity contribution in [3.8, 4) is 28.0 Å². The lowest BCUT2D eigenvalue weighted by Gasteiger charge is -2.27. The van der Waals surface area contributed by atoms with Crippen molar-refractivity contribution in [2.75, 3.05) is 0 Å². The van der Waals surface area contributed by atoms with Crippen LogP contribution < -0.4 is 0 Å². The van der Waals surface area contributed by atoms with E-state index >= 15 is 0 Å².